The Labute approximate surface area is 146 Å². The molecule has 0 aliphatic rings. The maximum atomic E-state index is 13.1. The quantitative estimate of drug-likeness (QED) is 0.758. The topological polar surface area (TPSA) is 76.5 Å². The largest absolute Gasteiger partial charge is 0.507 e. The van der Waals surface area contributed by atoms with Gasteiger partial charge in [0.05, 0.1) is 10.9 Å². The zero-order valence-electron chi connectivity index (χ0n) is 15.0. The molecular formula is C21H23NO3. The van der Waals surface area contributed by atoms with E-state index < -0.39 is 0 Å². The van der Waals surface area contributed by atoms with Crippen molar-refractivity contribution >= 4 is 11.0 Å². The summed E-state index contributed by atoms with van der Waals surface area (Å²) in [6, 6.07) is 7.51. The molecule has 25 heavy (non-hydrogen) atoms. The number of benzene rings is 2. The van der Waals surface area contributed by atoms with Gasteiger partial charge in [0.2, 0.25) is 5.43 Å². The molecule has 3 aromatic rings. The number of fused-ring (bicyclic) bond motifs is 1. The van der Waals surface area contributed by atoms with E-state index >= 15 is 0 Å². The summed E-state index contributed by atoms with van der Waals surface area (Å²) in [7, 11) is 0. The minimum atomic E-state index is -0.113. The predicted octanol–water partition coefficient (Wildman–Crippen LogP) is 3.98. The van der Waals surface area contributed by atoms with Gasteiger partial charge in [0, 0.05) is 11.6 Å². The zero-order valence-corrected chi connectivity index (χ0v) is 15.0. The van der Waals surface area contributed by atoms with Crippen LogP contribution in [0.4, 0.5) is 0 Å². The molecule has 1 heterocycles. The maximum absolute atomic E-state index is 13.1. The highest BCUT2D eigenvalue weighted by molar-refractivity contribution is 5.86. The maximum Gasteiger partial charge on any atom is 0.200 e. The van der Waals surface area contributed by atoms with Crippen molar-refractivity contribution in [3.05, 3.63) is 63.0 Å². The Balaban J connectivity index is 2.27. The van der Waals surface area contributed by atoms with Crippen molar-refractivity contribution in [2.24, 2.45) is 5.73 Å². The Morgan fingerprint density at radius 2 is 1.88 bits per heavy atom. The predicted molar refractivity (Wildman–Crippen MR) is 101 cm³/mol. The van der Waals surface area contributed by atoms with Crippen LogP contribution in [0.15, 0.2) is 39.7 Å². The second kappa shape index (κ2) is 6.37. The summed E-state index contributed by atoms with van der Waals surface area (Å²) in [4.78, 5) is 13.1. The fourth-order valence-corrected chi connectivity index (χ4v) is 3.11. The molecule has 0 saturated heterocycles. The van der Waals surface area contributed by atoms with E-state index in [1.165, 1.54) is 11.8 Å². The summed E-state index contributed by atoms with van der Waals surface area (Å²) in [5.41, 5.74) is 11.1. The molecule has 0 saturated carbocycles. The van der Waals surface area contributed by atoms with Gasteiger partial charge in [0.15, 0.2) is 0 Å². The molecule has 0 aliphatic heterocycles. The van der Waals surface area contributed by atoms with Crippen LogP contribution in [0.1, 0.15) is 29.2 Å². The zero-order chi connectivity index (χ0) is 18.3. The summed E-state index contributed by atoms with van der Waals surface area (Å²) >= 11 is 0. The van der Waals surface area contributed by atoms with Gasteiger partial charge in [-0.3, -0.25) is 4.79 Å². The first-order chi connectivity index (χ1) is 11.8. The lowest BCUT2D eigenvalue weighted by atomic mass is 9.97. The summed E-state index contributed by atoms with van der Waals surface area (Å²) in [6.07, 6.45) is 1.97. The minimum Gasteiger partial charge on any atom is -0.507 e. The van der Waals surface area contributed by atoms with E-state index in [2.05, 4.69) is 0 Å². The molecule has 4 nitrogen and oxygen atoms in total. The Morgan fingerprint density at radius 3 is 2.52 bits per heavy atom. The third kappa shape index (κ3) is 3.05. The molecule has 0 spiro atoms. The van der Waals surface area contributed by atoms with Crippen LogP contribution < -0.4 is 11.2 Å². The third-order valence-corrected chi connectivity index (χ3v) is 4.71. The van der Waals surface area contributed by atoms with Crippen LogP contribution >= 0.6 is 0 Å². The van der Waals surface area contributed by atoms with Crippen LogP contribution in [-0.4, -0.2) is 11.1 Å². The summed E-state index contributed by atoms with van der Waals surface area (Å²) in [5, 5.41) is 10.8. The average Bonchev–Trinajstić information content (AvgIpc) is 2.55. The molecule has 4 heteroatoms. The second-order valence-corrected chi connectivity index (χ2v) is 6.84. The Bertz CT molecular complexity index is 1020. The van der Waals surface area contributed by atoms with Gasteiger partial charge in [-0.15, -0.1) is 0 Å². The van der Waals surface area contributed by atoms with Crippen molar-refractivity contribution in [1.29, 1.82) is 0 Å². The Kier molecular flexibility index (Phi) is 4.39. The standard InChI is InChI=1S/C21H23NO3/c1-11-5-6-15(7-12(11)2)18-10-25-21-14(4)19(23)16(8-13(3)22)9-17(21)20(18)24/h5-7,9-10,13,23H,8,22H2,1-4H3. The lowest BCUT2D eigenvalue weighted by molar-refractivity contribution is 0.460. The van der Waals surface area contributed by atoms with E-state index in [1.54, 1.807) is 13.0 Å². The van der Waals surface area contributed by atoms with Gasteiger partial charge < -0.3 is 15.3 Å². The minimum absolute atomic E-state index is 0.0986. The highest BCUT2D eigenvalue weighted by atomic mass is 16.3. The third-order valence-electron chi connectivity index (χ3n) is 4.71. The van der Waals surface area contributed by atoms with Crippen LogP contribution in [0.2, 0.25) is 0 Å². The van der Waals surface area contributed by atoms with Crippen molar-refractivity contribution in [2.45, 2.75) is 40.2 Å². The fraction of sp³-hybridized carbons (Fsp3) is 0.286. The number of phenolic OH excluding ortho intramolecular Hbond substituents is 1. The molecule has 2 aromatic carbocycles. The Morgan fingerprint density at radius 1 is 1.16 bits per heavy atom. The first-order valence-electron chi connectivity index (χ1n) is 8.39. The Hall–Kier alpha value is -2.59. The van der Waals surface area contributed by atoms with E-state index in [0.29, 0.717) is 34.1 Å². The summed E-state index contributed by atoms with van der Waals surface area (Å²) in [5.74, 6) is 0.145. The van der Waals surface area contributed by atoms with Crippen LogP contribution in [0.25, 0.3) is 22.1 Å². The molecule has 0 bridgehead atoms. The monoisotopic (exact) mass is 337 g/mol. The highest BCUT2D eigenvalue weighted by Crippen LogP contribution is 2.31. The fourth-order valence-electron chi connectivity index (χ4n) is 3.11. The molecule has 0 fully saturated rings. The van der Waals surface area contributed by atoms with Gasteiger partial charge in [-0.05, 0) is 62.4 Å². The molecule has 130 valence electrons. The molecule has 0 amide bonds. The van der Waals surface area contributed by atoms with Crippen molar-refractivity contribution in [3.8, 4) is 16.9 Å². The highest BCUT2D eigenvalue weighted by Gasteiger charge is 2.17. The van der Waals surface area contributed by atoms with E-state index in [9.17, 15) is 9.90 Å². The molecule has 0 radical (unpaired) electrons. The lowest BCUT2D eigenvalue weighted by Gasteiger charge is -2.13. The lowest BCUT2D eigenvalue weighted by Crippen LogP contribution is -2.18. The molecular weight excluding hydrogens is 314 g/mol. The molecule has 1 atom stereocenters. The number of aromatic hydroxyl groups is 1. The van der Waals surface area contributed by atoms with E-state index in [1.807, 2.05) is 39.0 Å². The first-order valence-corrected chi connectivity index (χ1v) is 8.39. The van der Waals surface area contributed by atoms with Crippen molar-refractivity contribution < 1.29 is 9.52 Å². The number of hydrogen-bond acceptors (Lipinski definition) is 4. The van der Waals surface area contributed by atoms with Gasteiger partial charge in [-0.1, -0.05) is 18.2 Å². The number of hydrogen-bond donors (Lipinski definition) is 2. The number of nitrogens with two attached hydrogens (primary N) is 1. The average molecular weight is 337 g/mol. The van der Waals surface area contributed by atoms with Crippen LogP contribution in [-0.2, 0) is 6.42 Å². The summed E-state index contributed by atoms with van der Waals surface area (Å²) < 4.78 is 5.73. The van der Waals surface area contributed by atoms with Crippen LogP contribution in [0.3, 0.4) is 0 Å². The van der Waals surface area contributed by atoms with Gasteiger partial charge in [-0.2, -0.15) is 0 Å². The SMILES string of the molecule is Cc1ccc(-c2coc3c(C)c(O)c(CC(C)N)cc3c2=O)cc1C. The van der Waals surface area contributed by atoms with E-state index in [0.717, 1.165) is 11.1 Å². The smallest absolute Gasteiger partial charge is 0.200 e. The molecule has 1 aromatic heterocycles. The molecule has 3 rings (SSSR count). The number of aryl methyl sites for hydroxylation is 3. The van der Waals surface area contributed by atoms with Crippen LogP contribution in [0, 0.1) is 20.8 Å². The van der Waals surface area contributed by atoms with Crippen LogP contribution in [0.5, 0.6) is 5.75 Å². The second-order valence-electron chi connectivity index (χ2n) is 6.84. The van der Waals surface area contributed by atoms with Gasteiger partial charge in [-0.25, -0.2) is 0 Å². The molecule has 1 unspecified atom stereocenters. The number of rotatable bonds is 3. The van der Waals surface area contributed by atoms with Gasteiger partial charge in [0.25, 0.3) is 0 Å². The van der Waals surface area contributed by atoms with E-state index in [-0.39, 0.29) is 17.2 Å². The van der Waals surface area contributed by atoms with Gasteiger partial charge >= 0.3 is 0 Å². The van der Waals surface area contributed by atoms with Crippen molar-refractivity contribution in [3.63, 3.8) is 0 Å². The van der Waals surface area contributed by atoms with Crippen molar-refractivity contribution in [1.82, 2.24) is 0 Å². The molecule has 0 aliphatic carbocycles. The van der Waals surface area contributed by atoms with Gasteiger partial charge in [0.1, 0.15) is 17.6 Å². The molecule has 3 N–H and O–H groups in total. The number of phenols is 1. The first kappa shape index (κ1) is 17.2. The summed E-state index contributed by atoms with van der Waals surface area (Å²) in [6.45, 7) is 7.67. The van der Waals surface area contributed by atoms with E-state index in [4.69, 9.17) is 10.2 Å². The normalized spacial score (nSPS) is 12.5. The van der Waals surface area contributed by atoms with Crippen molar-refractivity contribution in [2.75, 3.05) is 0 Å².